The molecule has 3 heteroatoms. The molecule has 0 spiro atoms. The first kappa shape index (κ1) is 13.6. The number of esters is 1. The molecule has 2 saturated carbocycles. The first-order valence-electron chi connectivity index (χ1n) is 7.78. The standard InChI is InChI=1S/C17H23NO2/c1-2-20-17(19)16(18-11-12-7-8-12)15-6-4-3-5-14(15)13-9-10-13/h3-6,12-13,16,18H,2,7-11H2,1H3. The van der Waals surface area contributed by atoms with Crippen LogP contribution in [-0.2, 0) is 9.53 Å². The summed E-state index contributed by atoms with van der Waals surface area (Å²) in [6.45, 7) is 3.22. The molecule has 0 radical (unpaired) electrons. The van der Waals surface area contributed by atoms with Crippen LogP contribution in [0.3, 0.4) is 0 Å². The van der Waals surface area contributed by atoms with Crippen molar-refractivity contribution in [1.29, 1.82) is 0 Å². The van der Waals surface area contributed by atoms with Gasteiger partial charge >= 0.3 is 5.97 Å². The average Bonchev–Trinajstić information content (AvgIpc) is 3.33. The minimum atomic E-state index is -0.299. The summed E-state index contributed by atoms with van der Waals surface area (Å²) in [4.78, 5) is 12.3. The maximum absolute atomic E-state index is 12.3. The van der Waals surface area contributed by atoms with Crippen LogP contribution in [0.25, 0.3) is 0 Å². The van der Waals surface area contributed by atoms with E-state index >= 15 is 0 Å². The summed E-state index contributed by atoms with van der Waals surface area (Å²) >= 11 is 0. The number of rotatable bonds is 7. The quantitative estimate of drug-likeness (QED) is 0.775. The summed E-state index contributed by atoms with van der Waals surface area (Å²) in [5.74, 6) is 1.26. The van der Waals surface area contributed by atoms with Gasteiger partial charge in [0.2, 0.25) is 0 Å². The fraction of sp³-hybridized carbons (Fsp3) is 0.588. The molecule has 2 fully saturated rings. The Morgan fingerprint density at radius 1 is 1.30 bits per heavy atom. The van der Waals surface area contributed by atoms with Gasteiger partial charge in [-0.2, -0.15) is 0 Å². The highest BCUT2D eigenvalue weighted by atomic mass is 16.5. The topological polar surface area (TPSA) is 38.3 Å². The molecule has 1 aromatic carbocycles. The van der Waals surface area contributed by atoms with Crippen molar-refractivity contribution in [2.75, 3.05) is 13.2 Å². The van der Waals surface area contributed by atoms with Gasteiger partial charge in [-0.1, -0.05) is 24.3 Å². The molecule has 0 saturated heterocycles. The van der Waals surface area contributed by atoms with E-state index in [0.717, 1.165) is 18.0 Å². The molecular formula is C17H23NO2. The lowest BCUT2D eigenvalue weighted by Crippen LogP contribution is -2.32. The second-order valence-electron chi connectivity index (χ2n) is 5.94. The average molecular weight is 273 g/mol. The molecule has 0 bridgehead atoms. The first-order valence-corrected chi connectivity index (χ1v) is 7.78. The maximum atomic E-state index is 12.3. The minimum absolute atomic E-state index is 0.138. The van der Waals surface area contributed by atoms with Crippen LogP contribution in [0.15, 0.2) is 24.3 Å². The number of carbonyl (C=O) groups is 1. The van der Waals surface area contributed by atoms with Crippen molar-refractivity contribution in [3.8, 4) is 0 Å². The lowest BCUT2D eigenvalue weighted by molar-refractivity contribution is -0.145. The van der Waals surface area contributed by atoms with Crippen molar-refractivity contribution in [3.63, 3.8) is 0 Å². The summed E-state index contributed by atoms with van der Waals surface area (Å²) in [6, 6.07) is 8.03. The van der Waals surface area contributed by atoms with E-state index in [0.29, 0.717) is 12.5 Å². The molecule has 0 aromatic heterocycles. The van der Waals surface area contributed by atoms with Crippen LogP contribution >= 0.6 is 0 Å². The fourth-order valence-electron chi connectivity index (χ4n) is 2.69. The Bertz CT molecular complexity index is 478. The fourth-order valence-corrected chi connectivity index (χ4v) is 2.69. The van der Waals surface area contributed by atoms with E-state index in [-0.39, 0.29) is 12.0 Å². The molecule has 20 heavy (non-hydrogen) atoms. The van der Waals surface area contributed by atoms with E-state index < -0.39 is 0 Å². The van der Waals surface area contributed by atoms with Crippen molar-refractivity contribution in [3.05, 3.63) is 35.4 Å². The molecule has 0 amide bonds. The predicted octanol–water partition coefficient (Wildman–Crippen LogP) is 3.17. The minimum Gasteiger partial charge on any atom is -0.465 e. The summed E-state index contributed by atoms with van der Waals surface area (Å²) in [6.07, 6.45) is 5.06. The Morgan fingerprint density at radius 2 is 2.05 bits per heavy atom. The van der Waals surface area contributed by atoms with E-state index in [1.165, 1.54) is 31.2 Å². The molecule has 1 N–H and O–H groups in total. The number of ether oxygens (including phenoxy) is 1. The number of hydrogen-bond donors (Lipinski definition) is 1. The SMILES string of the molecule is CCOC(=O)C(NCC1CC1)c1ccccc1C1CC1. The molecule has 0 heterocycles. The highest BCUT2D eigenvalue weighted by Gasteiger charge is 2.32. The molecule has 0 aliphatic heterocycles. The van der Waals surface area contributed by atoms with E-state index in [4.69, 9.17) is 4.74 Å². The maximum Gasteiger partial charge on any atom is 0.327 e. The molecular weight excluding hydrogens is 250 g/mol. The molecule has 1 unspecified atom stereocenters. The van der Waals surface area contributed by atoms with Crippen molar-refractivity contribution in [2.45, 2.75) is 44.6 Å². The molecule has 3 nitrogen and oxygen atoms in total. The molecule has 2 aliphatic carbocycles. The van der Waals surface area contributed by atoms with E-state index in [9.17, 15) is 4.79 Å². The van der Waals surface area contributed by atoms with Gasteiger partial charge in [0.15, 0.2) is 0 Å². The van der Waals surface area contributed by atoms with Crippen molar-refractivity contribution in [2.24, 2.45) is 5.92 Å². The van der Waals surface area contributed by atoms with Crippen LogP contribution < -0.4 is 5.32 Å². The molecule has 108 valence electrons. The van der Waals surface area contributed by atoms with Gasteiger partial charge in [-0.3, -0.25) is 0 Å². The zero-order chi connectivity index (χ0) is 13.9. The van der Waals surface area contributed by atoms with Crippen LogP contribution in [0.2, 0.25) is 0 Å². The largest absolute Gasteiger partial charge is 0.465 e. The number of benzene rings is 1. The van der Waals surface area contributed by atoms with Crippen LogP contribution in [0, 0.1) is 5.92 Å². The van der Waals surface area contributed by atoms with Gasteiger partial charge in [0.1, 0.15) is 6.04 Å². The zero-order valence-corrected chi connectivity index (χ0v) is 12.1. The monoisotopic (exact) mass is 273 g/mol. The third-order valence-electron chi connectivity index (χ3n) is 4.15. The van der Waals surface area contributed by atoms with Crippen LogP contribution in [0.4, 0.5) is 0 Å². The number of carbonyl (C=O) groups excluding carboxylic acids is 1. The van der Waals surface area contributed by atoms with E-state index in [1.54, 1.807) is 0 Å². The highest BCUT2D eigenvalue weighted by molar-refractivity contribution is 5.78. The van der Waals surface area contributed by atoms with Crippen LogP contribution in [-0.4, -0.2) is 19.1 Å². The second-order valence-corrected chi connectivity index (χ2v) is 5.94. The Morgan fingerprint density at radius 3 is 2.70 bits per heavy atom. The smallest absolute Gasteiger partial charge is 0.327 e. The van der Waals surface area contributed by atoms with Gasteiger partial charge in [0, 0.05) is 0 Å². The number of hydrogen-bond acceptors (Lipinski definition) is 3. The van der Waals surface area contributed by atoms with Gasteiger partial charge in [-0.25, -0.2) is 4.79 Å². The summed E-state index contributed by atoms with van der Waals surface area (Å²) in [5.41, 5.74) is 2.45. The molecule has 2 aliphatic rings. The van der Waals surface area contributed by atoms with E-state index in [2.05, 4.69) is 23.5 Å². The van der Waals surface area contributed by atoms with Crippen LogP contribution in [0.5, 0.6) is 0 Å². The van der Waals surface area contributed by atoms with Gasteiger partial charge in [0.25, 0.3) is 0 Å². The Labute approximate surface area is 120 Å². The van der Waals surface area contributed by atoms with Gasteiger partial charge in [-0.05, 0) is 62.1 Å². The highest BCUT2D eigenvalue weighted by Crippen LogP contribution is 2.43. The predicted molar refractivity (Wildman–Crippen MR) is 78.5 cm³/mol. The molecule has 1 aromatic rings. The van der Waals surface area contributed by atoms with Crippen LogP contribution in [0.1, 0.15) is 55.7 Å². The van der Waals surface area contributed by atoms with E-state index in [1.807, 2.05) is 13.0 Å². The third kappa shape index (κ3) is 3.21. The van der Waals surface area contributed by atoms with Crippen molar-refractivity contribution < 1.29 is 9.53 Å². The third-order valence-corrected chi connectivity index (χ3v) is 4.15. The first-order chi connectivity index (χ1) is 9.79. The van der Waals surface area contributed by atoms with Gasteiger partial charge in [-0.15, -0.1) is 0 Å². The lowest BCUT2D eigenvalue weighted by atomic mass is 9.97. The number of nitrogens with one attached hydrogen (secondary N) is 1. The normalized spacial score (nSPS) is 19.6. The Hall–Kier alpha value is -1.35. The zero-order valence-electron chi connectivity index (χ0n) is 12.1. The molecule has 1 atom stereocenters. The molecule has 3 rings (SSSR count). The summed E-state index contributed by atoms with van der Waals surface area (Å²) in [5, 5.41) is 3.43. The Balaban J connectivity index is 1.80. The lowest BCUT2D eigenvalue weighted by Gasteiger charge is -2.20. The summed E-state index contributed by atoms with van der Waals surface area (Å²) in [7, 11) is 0. The Kier molecular flexibility index (Phi) is 4.06. The van der Waals surface area contributed by atoms with Crippen molar-refractivity contribution >= 4 is 5.97 Å². The summed E-state index contributed by atoms with van der Waals surface area (Å²) < 4.78 is 5.26. The second kappa shape index (κ2) is 5.96. The van der Waals surface area contributed by atoms with Gasteiger partial charge < -0.3 is 10.1 Å². The van der Waals surface area contributed by atoms with Gasteiger partial charge in [0.05, 0.1) is 6.61 Å². The van der Waals surface area contributed by atoms with Crippen molar-refractivity contribution in [1.82, 2.24) is 5.32 Å².